The maximum Gasteiger partial charge on any atom is 0.319 e. The van der Waals surface area contributed by atoms with E-state index in [1.807, 2.05) is 50.2 Å². The molecule has 5 heteroatoms. The lowest BCUT2D eigenvalue weighted by Gasteiger charge is -2.18. The molecule has 3 amide bonds. The van der Waals surface area contributed by atoms with Crippen molar-refractivity contribution in [2.75, 3.05) is 16.8 Å². The Bertz CT molecular complexity index is 758. The van der Waals surface area contributed by atoms with Crippen LogP contribution < -0.4 is 15.5 Å². The molecule has 1 aliphatic heterocycles. The topological polar surface area (TPSA) is 61.4 Å². The number of para-hydroxylation sites is 1. The first-order valence-corrected chi connectivity index (χ1v) is 8.06. The maximum absolute atomic E-state index is 12.6. The first kappa shape index (κ1) is 16.1. The molecule has 0 aliphatic carbocycles. The first-order chi connectivity index (χ1) is 11.5. The third kappa shape index (κ3) is 3.40. The predicted molar refractivity (Wildman–Crippen MR) is 95.3 cm³/mol. The Morgan fingerprint density at radius 1 is 1.08 bits per heavy atom. The Labute approximate surface area is 141 Å². The maximum atomic E-state index is 12.6. The van der Waals surface area contributed by atoms with Crippen LogP contribution in [0.3, 0.4) is 0 Å². The van der Waals surface area contributed by atoms with Gasteiger partial charge in [0.1, 0.15) is 6.04 Å². The van der Waals surface area contributed by atoms with Gasteiger partial charge in [0.05, 0.1) is 0 Å². The Kier molecular flexibility index (Phi) is 4.51. The van der Waals surface area contributed by atoms with Gasteiger partial charge in [-0.15, -0.1) is 0 Å². The Balaban J connectivity index is 1.63. The molecule has 1 aliphatic rings. The van der Waals surface area contributed by atoms with E-state index in [9.17, 15) is 9.59 Å². The highest BCUT2D eigenvalue weighted by Crippen LogP contribution is 2.24. The average molecular weight is 323 g/mol. The highest BCUT2D eigenvalue weighted by molar-refractivity contribution is 6.02. The Morgan fingerprint density at radius 2 is 1.83 bits per heavy atom. The van der Waals surface area contributed by atoms with Crippen molar-refractivity contribution in [1.29, 1.82) is 0 Å². The minimum atomic E-state index is -0.490. The van der Waals surface area contributed by atoms with E-state index >= 15 is 0 Å². The molecule has 5 nitrogen and oxygen atoms in total. The number of carbonyl (C=O) groups excluding carboxylic acids is 2. The summed E-state index contributed by atoms with van der Waals surface area (Å²) in [6.45, 7) is 4.68. The van der Waals surface area contributed by atoms with Gasteiger partial charge in [-0.3, -0.25) is 4.79 Å². The van der Waals surface area contributed by atoms with Crippen LogP contribution in [-0.4, -0.2) is 24.5 Å². The zero-order valence-electron chi connectivity index (χ0n) is 13.9. The summed E-state index contributed by atoms with van der Waals surface area (Å²) < 4.78 is 0. The van der Waals surface area contributed by atoms with Gasteiger partial charge in [0.25, 0.3) is 0 Å². The predicted octanol–water partition coefficient (Wildman–Crippen LogP) is 3.23. The van der Waals surface area contributed by atoms with Gasteiger partial charge in [0.15, 0.2) is 0 Å². The molecular weight excluding hydrogens is 302 g/mol. The van der Waals surface area contributed by atoms with Crippen molar-refractivity contribution in [2.45, 2.75) is 26.3 Å². The number of rotatable bonds is 3. The van der Waals surface area contributed by atoms with E-state index < -0.39 is 6.04 Å². The van der Waals surface area contributed by atoms with Crippen molar-refractivity contribution in [2.24, 2.45) is 0 Å². The molecule has 2 N–H and O–H groups in total. The van der Waals surface area contributed by atoms with E-state index in [-0.39, 0.29) is 11.9 Å². The van der Waals surface area contributed by atoms with Crippen molar-refractivity contribution in [3.05, 3.63) is 59.7 Å². The monoisotopic (exact) mass is 323 g/mol. The summed E-state index contributed by atoms with van der Waals surface area (Å²) in [6.07, 6.45) is 0.605. The molecule has 0 saturated carbocycles. The molecular formula is C19H21N3O2. The number of hydrogen-bond donors (Lipinski definition) is 2. The highest BCUT2D eigenvalue weighted by Gasteiger charge is 2.33. The second-order valence-electron chi connectivity index (χ2n) is 6.06. The largest absolute Gasteiger partial charge is 0.326 e. The lowest BCUT2D eigenvalue weighted by atomic mass is 10.1. The van der Waals surface area contributed by atoms with E-state index in [0.717, 1.165) is 11.3 Å². The molecule has 1 unspecified atom stereocenters. The zero-order chi connectivity index (χ0) is 17.1. The molecule has 3 rings (SSSR count). The summed E-state index contributed by atoms with van der Waals surface area (Å²) in [5.41, 5.74) is 3.93. The molecule has 2 aromatic carbocycles. The Hall–Kier alpha value is -2.82. The normalized spacial score (nSPS) is 17.0. The van der Waals surface area contributed by atoms with Crippen molar-refractivity contribution in [1.82, 2.24) is 5.32 Å². The molecule has 1 heterocycles. The smallest absolute Gasteiger partial charge is 0.319 e. The molecule has 2 aromatic rings. The molecule has 0 spiro atoms. The minimum absolute atomic E-state index is 0.0681. The standard InChI is InChI=1S/C19H21N3O2/c1-13-8-9-16(12-14(13)2)22-11-10-17(18(22)23)21-19(24)20-15-6-4-3-5-7-15/h3-9,12,17H,10-11H2,1-2H3,(H2,20,21,24). The minimum Gasteiger partial charge on any atom is -0.326 e. The molecule has 0 radical (unpaired) electrons. The molecule has 1 saturated heterocycles. The van der Waals surface area contributed by atoms with Gasteiger partial charge >= 0.3 is 6.03 Å². The quantitative estimate of drug-likeness (QED) is 0.911. The highest BCUT2D eigenvalue weighted by atomic mass is 16.2. The third-order valence-electron chi connectivity index (χ3n) is 4.34. The van der Waals surface area contributed by atoms with Gasteiger partial charge in [0, 0.05) is 17.9 Å². The molecule has 0 bridgehead atoms. The van der Waals surface area contributed by atoms with E-state index in [1.165, 1.54) is 5.56 Å². The van der Waals surface area contributed by atoms with Gasteiger partial charge in [0.2, 0.25) is 5.91 Å². The summed E-state index contributed by atoms with van der Waals surface area (Å²) in [5.74, 6) is -0.0681. The van der Waals surface area contributed by atoms with E-state index in [4.69, 9.17) is 0 Å². The number of benzene rings is 2. The fourth-order valence-corrected chi connectivity index (χ4v) is 2.81. The number of nitrogens with one attached hydrogen (secondary N) is 2. The van der Waals surface area contributed by atoms with Gasteiger partial charge in [-0.25, -0.2) is 4.79 Å². The van der Waals surface area contributed by atoms with Crippen LogP contribution >= 0.6 is 0 Å². The van der Waals surface area contributed by atoms with Crippen LogP contribution in [0.15, 0.2) is 48.5 Å². The van der Waals surface area contributed by atoms with Crippen LogP contribution in [0, 0.1) is 13.8 Å². The van der Waals surface area contributed by atoms with Gasteiger partial charge in [-0.1, -0.05) is 24.3 Å². The third-order valence-corrected chi connectivity index (χ3v) is 4.34. The number of anilines is 2. The Morgan fingerprint density at radius 3 is 2.54 bits per heavy atom. The van der Waals surface area contributed by atoms with Crippen LogP contribution in [-0.2, 0) is 4.79 Å². The second-order valence-corrected chi connectivity index (χ2v) is 6.06. The van der Waals surface area contributed by atoms with Gasteiger partial charge in [-0.05, 0) is 55.7 Å². The fraction of sp³-hybridized carbons (Fsp3) is 0.263. The van der Waals surface area contributed by atoms with Crippen molar-refractivity contribution in [3.8, 4) is 0 Å². The summed E-state index contributed by atoms with van der Waals surface area (Å²) in [4.78, 5) is 26.4. The van der Waals surface area contributed by atoms with Crippen LogP contribution in [0.5, 0.6) is 0 Å². The van der Waals surface area contributed by atoms with Gasteiger partial charge < -0.3 is 15.5 Å². The molecule has 124 valence electrons. The average Bonchev–Trinajstić information content (AvgIpc) is 2.92. The van der Waals surface area contributed by atoms with E-state index in [1.54, 1.807) is 17.0 Å². The summed E-state index contributed by atoms with van der Waals surface area (Å²) >= 11 is 0. The summed E-state index contributed by atoms with van der Waals surface area (Å²) in [7, 11) is 0. The van der Waals surface area contributed by atoms with Crippen molar-refractivity contribution in [3.63, 3.8) is 0 Å². The van der Waals surface area contributed by atoms with Crippen LogP contribution in [0.2, 0.25) is 0 Å². The van der Waals surface area contributed by atoms with E-state index in [0.29, 0.717) is 18.7 Å². The molecule has 1 fully saturated rings. The van der Waals surface area contributed by atoms with Crippen LogP contribution in [0.25, 0.3) is 0 Å². The zero-order valence-corrected chi connectivity index (χ0v) is 13.9. The number of aryl methyl sites for hydroxylation is 2. The van der Waals surface area contributed by atoms with Gasteiger partial charge in [-0.2, -0.15) is 0 Å². The second kappa shape index (κ2) is 6.74. The fourth-order valence-electron chi connectivity index (χ4n) is 2.81. The van der Waals surface area contributed by atoms with Crippen molar-refractivity contribution < 1.29 is 9.59 Å². The van der Waals surface area contributed by atoms with Crippen molar-refractivity contribution >= 4 is 23.3 Å². The molecule has 0 aromatic heterocycles. The van der Waals surface area contributed by atoms with Crippen LogP contribution in [0.4, 0.5) is 16.2 Å². The lowest BCUT2D eigenvalue weighted by molar-refractivity contribution is -0.118. The molecule has 1 atom stereocenters. The number of hydrogen-bond acceptors (Lipinski definition) is 2. The number of urea groups is 1. The number of carbonyl (C=O) groups is 2. The number of nitrogens with zero attached hydrogens (tertiary/aromatic N) is 1. The first-order valence-electron chi connectivity index (χ1n) is 8.06. The number of amides is 3. The SMILES string of the molecule is Cc1ccc(N2CCC(NC(=O)Nc3ccccc3)C2=O)cc1C. The molecule has 24 heavy (non-hydrogen) atoms. The van der Waals surface area contributed by atoms with E-state index in [2.05, 4.69) is 10.6 Å². The van der Waals surface area contributed by atoms with Crippen LogP contribution in [0.1, 0.15) is 17.5 Å². The lowest BCUT2D eigenvalue weighted by Crippen LogP contribution is -2.43. The summed E-state index contributed by atoms with van der Waals surface area (Å²) in [5, 5.41) is 5.50. The summed E-state index contributed by atoms with van der Waals surface area (Å²) in [6, 6.07) is 14.3.